The smallest absolute Gasteiger partial charge is 0.176 e. The van der Waals surface area contributed by atoms with Gasteiger partial charge in [0.15, 0.2) is 11.6 Å². The van der Waals surface area contributed by atoms with E-state index in [2.05, 4.69) is 17.0 Å². The first-order chi connectivity index (χ1) is 9.31. The second-order valence-corrected chi connectivity index (χ2v) is 4.96. The van der Waals surface area contributed by atoms with Crippen molar-refractivity contribution in [3.8, 4) is 0 Å². The summed E-state index contributed by atoms with van der Waals surface area (Å²) in [4.78, 5) is 4.05. The fourth-order valence-corrected chi connectivity index (χ4v) is 2.18. The third kappa shape index (κ3) is 6.16. The Morgan fingerprint density at radius 3 is 2.11 bits per heavy atom. The molecule has 0 atom stereocenters. The van der Waals surface area contributed by atoms with Crippen LogP contribution in [-0.4, -0.2) is 25.0 Å². The number of aliphatic hydroxyl groups excluding tert-OH is 2. The van der Waals surface area contributed by atoms with Crippen LogP contribution in [0, 0.1) is 0 Å². The number of nitrogens with zero attached hydrogens (tertiary/aromatic N) is 3. The lowest BCUT2D eigenvalue weighted by Gasteiger charge is -2.04. The zero-order valence-corrected chi connectivity index (χ0v) is 12.0. The first-order valence-electron chi connectivity index (χ1n) is 7.46. The van der Waals surface area contributed by atoms with Crippen LogP contribution in [0.15, 0.2) is 0 Å². The van der Waals surface area contributed by atoms with Crippen molar-refractivity contribution in [1.82, 2.24) is 14.8 Å². The molecule has 110 valence electrons. The van der Waals surface area contributed by atoms with Gasteiger partial charge in [-0.05, 0) is 6.42 Å². The molecule has 0 aromatic carbocycles. The van der Waals surface area contributed by atoms with Gasteiger partial charge in [0.2, 0.25) is 0 Å². The van der Waals surface area contributed by atoms with Gasteiger partial charge in [-0.1, -0.05) is 51.9 Å². The Labute approximate surface area is 115 Å². The largest absolute Gasteiger partial charge is 0.388 e. The number of unbranched alkanes of at least 4 members (excludes halogenated alkanes) is 7. The molecular weight excluding hydrogens is 242 g/mol. The van der Waals surface area contributed by atoms with Gasteiger partial charge in [0, 0.05) is 6.54 Å². The maximum Gasteiger partial charge on any atom is 0.176 e. The molecule has 5 heteroatoms. The van der Waals surface area contributed by atoms with Crippen LogP contribution in [0.4, 0.5) is 0 Å². The summed E-state index contributed by atoms with van der Waals surface area (Å²) < 4.78 is 1.71. The van der Waals surface area contributed by atoms with Gasteiger partial charge in [-0.25, -0.2) is 9.67 Å². The lowest BCUT2D eigenvalue weighted by atomic mass is 10.1. The molecule has 0 saturated heterocycles. The second-order valence-electron chi connectivity index (χ2n) is 4.96. The lowest BCUT2D eigenvalue weighted by Crippen LogP contribution is -2.06. The molecule has 0 aliphatic carbocycles. The van der Waals surface area contributed by atoms with Crippen molar-refractivity contribution in [2.75, 3.05) is 0 Å². The van der Waals surface area contributed by atoms with E-state index in [0.29, 0.717) is 11.6 Å². The third-order valence-corrected chi connectivity index (χ3v) is 3.30. The summed E-state index contributed by atoms with van der Waals surface area (Å²) in [5.74, 6) is 0.940. The molecule has 0 radical (unpaired) electrons. The predicted molar refractivity (Wildman–Crippen MR) is 74.5 cm³/mol. The van der Waals surface area contributed by atoms with Crippen LogP contribution >= 0.6 is 0 Å². The van der Waals surface area contributed by atoms with Gasteiger partial charge in [-0.15, -0.1) is 0 Å². The van der Waals surface area contributed by atoms with Crippen LogP contribution in [-0.2, 0) is 19.8 Å². The normalized spacial score (nSPS) is 11.1. The Morgan fingerprint density at radius 1 is 0.895 bits per heavy atom. The SMILES string of the molecule is CCCCCCCCCCn1nc(CO)nc1CO. The summed E-state index contributed by atoms with van der Waals surface area (Å²) in [5, 5.41) is 22.3. The molecule has 2 N–H and O–H groups in total. The molecule has 0 saturated carbocycles. The Morgan fingerprint density at radius 2 is 1.53 bits per heavy atom. The number of rotatable bonds is 11. The Kier molecular flexibility index (Phi) is 8.41. The summed E-state index contributed by atoms with van der Waals surface area (Å²) in [7, 11) is 0. The molecule has 0 unspecified atom stereocenters. The van der Waals surface area contributed by atoms with Crippen molar-refractivity contribution < 1.29 is 10.2 Å². The summed E-state index contributed by atoms with van der Waals surface area (Å²) >= 11 is 0. The molecule has 0 bridgehead atoms. The van der Waals surface area contributed by atoms with E-state index in [0.717, 1.165) is 13.0 Å². The number of aliphatic hydroxyl groups is 2. The van der Waals surface area contributed by atoms with Gasteiger partial charge in [-0.2, -0.15) is 5.10 Å². The van der Waals surface area contributed by atoms with Crippen LogP contribution in [0.5, 0.6) is 0 Å². The minimum Gasteiger partial charge on any atom is -0.388 e. The predicted octanol–water partition coefficient (Wildman–Crippen LogP) is 2.40. The van der Waals surface area contributed by atoms with E-state index in [9.17, 15) is 0 Å². The molecule has 1 aromatic heterocycles. The zero-order valence-electron chi connectivity index (χ0n) is 12.0. The van der Waals surface area contributed by atoms with E-state index in [-0.39, 0.29) is 13.2 Å². The van der Waals surface area contributed by atoms with Gasteiger partial charge in [-0.3, -0.25) is 0 Å². The highest BCUT2D eigenvalue weighted by Crippen LogP contribution is 2.09. The number of aromatic nitrogens is 3. The van der Waals surface area contributed by atoms with Crippen LogP contribution in [0.1, 0.15) is 69.9 Å². The summed E-state index contributed by atoms with van der Waals surface area (Å²) in [5.41, 5.74) is 0. The molecule has 19 heavy (non-hydrogen) atoms. The fraction of sp³-hybridized carbons (Fsp3) is 0.857. The van der Waals surface area contributed by atoms with Crippen molar-refractivity contribution in [1.29, 1.82) is 0 Å². The number of hydrogen-bond acceptors (Lipinski definition) is 4. The molecule has 1 heterocycles. The van der Waals surface area contributed by atoms with E-state index in [4.69, 9.17) is 10.2 Å². The minimum atomic E-state index is -0.169. The second kappa shape index (κ2) is 9.92. The lowest BCUT2D eigenvalue weighted by molar-refractivity contribution is 0.261. The van der Waals surface area contributed by atoms with Crippen molar-refractivity contribution in [3.05, 3.63) is 11.6 Å². The van der Waals surface area contributed by atoms with Crippen LogP contribution in [0.25, 0.3) is 0 Å². The summed E-state index contributed by atoms with van der Waals surface area (Å²) in [6.45, 7) is 2.72. The average molecular weight is 269 g/mol. The Balaban J connectivity index is 2.13. The van der Waals surface area contributed by atoms with Gasteiger partial charge >= 0.3 is 0 Å². The monoisotopic (exact) mass is 269 g/mol. The maximum absolute atomic E-state index is 9.15. The topological polar surface area (TPSA) is 71.2 Å². The van der Waals surface area contributed by atoms with Crippen LogP contribution < -0.4 is 0 Å². The highest BCUT2D eigenvalue weighted by Gasteiger charge is 2.07. The maximum atomic E-state index is 9.15. The Bertz CT molecular complexity index is 339. The summed E-state index contributed by atoms with van der Waals surface area (Å²) in [6, 6.07) is 0. The minimum absolute atomic E-state index is 0.121. The van der Waals surface area contributed by atoms with E-state index in [1.165, 1.54) is 44.9 Å². The highest BCUT2D eigenvalue weighted by atomic mass is 16.3. The molecule has 1 aromatic rings. The van der Waals surface area contributed by atoms with Gasteiger partial charge in [0.1, 0.15) is 13.2 Å². The van der Waals surface area contributed by atoms with Crippen molar-refractivity contribution >= 4 is 0 Å². The van der Waals surface area contributed by atoms with Crippen molar-refractivity contribution in [2.45, 2.75) is 78.0 Å². The average Bonchev–Trinajstić information content (AvgIpc) is 2.84. The summed E-state index contributed by atoms with van der Waals surface area (Å²) in [6.07, 6.45) is 10.2. The molecule has 1 rings (SSSR count). The molecule has 0 aliphatic heterocycles. The van der Waals surface area contributed by atoms with E-state index < -0.39 is 0 Å². The van der Waals surface area contributed by atoms with E-state index in [1.807, 2.05) is 0 Å². The number of hydrogen-bond donors (Lipinski definition) is 2. The van der Waals surface area contributed by atoms with Crippen molar-refractivity contribution in [3.63, 3.8) is 0 Å². The quantitative estimate of drug-likeness (QED) is 0.605. The standard InChI is InChI=1S/C14H27N3O2/c1-2-3-4-5-6-7-8-9-10-17-14(12-19)15-13(11-18)16-17/h18-19H,2-12H2,1H3. The van der Waals surface area contributed by atoms with Crippen LogP contribution in [0.3, 0.4) is 0 Å². The molecule has 5 nitrogen and oxygen atoms in total. The van der Waals surface area contributed by atoms with Gasteiger partial charge in [0.25, 0.3) is 0 Å². The molecule has 0 fully saturated rings. The third-order valence-electron chi connectivity index (χ3n) is 3.30. The molecule has 0 aliphatic rings. The first-order valence-corrected chi connectivity index (χ1v) is 7.46. The molecular formula is C14H27N3O2. The van der Waals surface area contributed by atoms with Gasteiger partial charge in [0.05, 0.1) is 0 Å². The van der Waals surface area contributed by atoms with Crippen molar-refractivity contribution in [2.24, 2.45) is 0 Å². The van der Waals surface area contributed by atoms with Gasteiger partial charge < -0.3 is 10.2 Å². The molecule has 0 amide bonds. The van der Waals surface area contributed by atoms with E-state index >= 15 is 0 Å². The first kappa shape index (κ1) is 16.1. The number of aryl methyl sites for hydroxylation is 1. The molecule has 0 spiro atoms. The fourth-order valence-electron chi connectivity index (χ4n) is 2.18. The van der Waals surface area contributed by atoms with Crippen LogP contribution in [0.2, 0.25) is 0 Å². The Hall–Kier alpha value is -0.940. The van der Waals surface area contributed by atoms with E-state index in [1.54, 1.807) is 4.68 Å². The highest BCUT2D eigenvalue weighted by molar-refractivity contribution is 4.90. The zero-order chi connectivity index (χ0) is 13.9.